The van der Waals surface area contributed by atoms with Gasteiger partial charge in [0.1, 0.15) is 11.9 Å². The molecule has 0 N–H and O–H groups in total. The number of pyridine rings is 1. The van der Waals surface area contributed by atoms with Crippen molar-refractivity contribution in [2.75, 3.05) is 26.2 Å². The first-order valence-electron chi connectivity index (χ1n) is 16.4. The molecule has 0 radical (unpaired) electrons. The fourth-order valence-corrected chi connectivity index (χ4v) is 6.04. The second-order valence-corrected chi connectivity index (χ2v) is 12.1. The van der Waals surface area contributed by atoms with Gasteiger partial charge in [0.25, 0.3) is 0 Å². The van der Waals surface area contributed by atoms with E-state index in [1.54, 1.807) is 29.3 Å². The molecule has 0 spiro atoms. The predicted molar refractivity (Wildman–Crippen MR) is 188 cm³/mol. The van der Waals surface area contributed by atoms with Crippen molar-refractivity contribution < 1.29 is 14.0 Å². The molecule has 6 nitrogen and oxygen atoms in total. The Morgan fingerprint density at radius 1 is 0.729 bits per heavy atom. The molecule has 0 aliphatic carbocycles. The van der Waals surface area contributed by atoms with Gasteiger partial charge in [0, 0.05) is 63.5 Å². The zero-order chi connectivity index (χ0) is 33.1. The summed E-state index contributed by atoms with van der Waals surface area (Å²) >= 11 is 0. The van der Waals surface area contributed by atoms with Crippen LogP contribution in [0, 0.1) is 5.82 Å². The lowest BCUT2D eigenvalue weighted by Gasteiger charge is -2.39. The predicted octanol–water partition coefficient (Wildman–Crippen LogP) is 6.89. The minimum absolute atomic E-state index is 0.0631. The molecule has 48 heavy (non-hydrogen) atoms. The van der Waals surface area contributed by atoms with Gasteiger partial charge in [0.2, 0.25) is 11.8 Å². The number of aromatic nitrogens is 1. The monoisotopic (exact) mass is 638 g/mol. The maximum absolute atomic E-state index is 14.5. The van der Waals surface area contributed by atoms with Crippen LogP contribution in [0.25, 0.3) is 17.3 Å². The lowest BCUT2D eigenvalue weighted by molar-refractivity contribution is -0.145. The molecule has 1 saturated heterocycles. The van der Waals surface area contributed by atoms with Gasteiger partial charge >= 0.3 is 0 Å². The highest BCUT2D eigenvalue weighted by atomic mass is 19.1. The van der Waals surface area contributed by atoms with E-state index in [0.717, 1.165) is 42.0 Å². The van der Waals surface area contributed by atoms with Gasteiger partial charge in [-0.25, -0.2) is 4.39 Å². The number of amides is 2. The Balaban J connectivity index is 1.27. The van der Waals surface area contributed by atoms with Crippen molar-refractivity contribution in [3.8, 4) is 11.3 Å². The van der Waals surface area contributed by atoms with Crippen LogP contribution in [0.4, 0.5) is 4.39 Å². The van der Waals surface area contributed by atoms with Crippen LogP contribution in [-0.2, 0) is 29.1 Å². The molecule has 1 atom stereocenters. The number of hydrogen-bond acceptors (Lipinski definition) is 4. The Kier molecular flexibility index (Phi) is 10.8. The summed E-state index contributed by atoms with van der Waals surface area (Å²) in [6.45, 7) is 3.76. The molecule has 5 aromatic rings. The van der Waals surface area contributed by atoms with Crippen molar-refractivity contribution in [1.29, 1.82) is 0 Å². The maximum Gasteiger partial charge on any atom is 0.247 e. The average molecular weight is 639 g/mol. The third-order valence-corrected chi connectivity index (χ3v) is 8.71. The van der Waals surface area contributed by atoms with Crippen LogP contribution in [0.2, 0.25) is 0 Å². The Bertz CT molecular complexity index is 1790. The van der Waals surface area contributed by atoms with Gasteiger partial charge in [-0.3, -0.25) is 19.5 Å². The van der Waals surface area contributed by atoms with E-state index >= 15 is 0 Å². The Hall–Kier alpha value is -5.40. The normalized spacial score (nSPS) is 14.1. The van der Waals surface area contributed by atoms with Crippen molar-refractivity contribution in [1.82, 2.24) is 19.7 Å². The Morgan fingerprint density at radius 3 is 2.02 bits per heavy atom. The SMILES string of the molecule is O=C([C@H](Cc1ccccc1)N(Cc1ccc(-c2ccccn2)cc1)C(=O)C=Cc1ccc(F)cc1)N1CCN(Cc2ccccc2)CC1. The Labute approximate surface area is 281 Å². The molecule has 1 aliphatic heterocycles. The van der Waals surface area contributed by atoms with Crippen molar-refractivity contribution in [2.45, 2.75) is 25.6 Å². The molecule has 1 aromatic heterocycles. The highest BCUT2D eigenvalue weighted by Crippen LogP contribution is 2.22. The van der Waals surface area contributed by atoms with Gasteiger partial charge in [-0.05, 0) is 52.6 Å². The van der Waals surface area contributed by atoms with Crippen molar-refractivity contribution in [3.05, 3.63) is 168 Å². The summed E-state index contributed by atoms with van der Waals surface area (Å²) in [5.41, 5.74) is 5.66. The van der Waals surface area contributed by atoms with E-state index < -0.39 is 6.04 Å². The van der Waals surface area contributed by atoms with Crippen LogP contribution in [0.1, 0.15) is 22.3 Å². The summed E-state index contributed by atoms with van der Waals surface area (Å²) in [5.74, 6) is -0.691. The lowest BCUT2D eigenvalue weighted by atomic mass is 10.0. The van der Waals surface area contributed by atoms with Gasteiger partial charge < -0.3 is 9.80 Å². The first kappa shape index (κ1) is 32.5. The molecule has 6 rings (SSSR count). The number of benzene rings is 4. The van der Waals surface area contributed by atoms with Crippen molar-refractivity contribution >= 4 is 17.9 Å². The summed E-state index contributed by atoms with van der Waals surface area (Å²) in [6.07, 6.45) is 5.30. The molecule has 7 heteroatoms. The third kappa shape index (κ3) is 8.69. The number of nitrogens with zero attached hydrogens (tertiary/aromatic N) is 4. The van der Waals surface area contributed by atoms with Gasteiger partial charge in [-0.1, -0.05) is 103 Å². The zero-order valence-corrected chi connectivity index (χ0v) is 26.9. The number of carbonyl (C=O) groups is 2. The largest absolute Gasteiger partial charge is 0.338 e. The van der Waals surface area contributed by atoms with E-state index in [1.807, 2.05) is 95.9 Å². The van der Waals surface area contributed by atoms with Gasteiger partial charge in [-0.15, -0.1) is 0 Å². The number of piperazine rings is 1. The number of rotatable bonds is 11. The number of halogens is 1. The first-order chi connectivity index (χ1) is 23.5. The van der Waals surface area contributed by atoms with E-state index in [4.69, 9.17) is 0 Å². The minimum Gasteiger partial charge on any atom is -0.338 e. The maximum atomic E-state index is 14.5. The lowest BCUT2D eigenvalue weighted by Crippen LogP contribution is -2.56. The van der Waals surface area contributed by atoms with Gasteiger partial charge in [0.05, 0.1) is 5.69 Å². The summed E-state index contributed by atoms with van der Waals surface area (Å²) in [7, 11) is 0. The van der Waals surface area contributed by atoms with Crippen LogP contribution >= 0.6 is 0 Å². The molecule has 1 fully saturated rings. The van der Waals surface area contributed by atoms with E-state index in [-0.39, 0.29) is 24.2 Å². The fraction of sp³-hybridized carbons (Fsp3) is 0.195. The highest BCUT2D eigenvalue weighted by Gasteiger charge is 2.34. The molecule has 0 unspecified atom stereocenters. The molecular formula is C41H39FN4O2. The van der Waals surface area contributed by atoms with Crippen LogP contribution in [-0.4, -0.2) is 63.7 Å². The van der Waals surface area contributed by atoms with E-state index in [1.165, 1.54) is 23.8 Å². The van der Waals surface area contributed by atoms with Crippen molar-refractivity contribution in [2.24, 2.45) is 0 Å². The molecule has 2 heterocycles. The van der Waals surface area contributed by atoms with Crippen molar-refractivity contribution in [3.63, 3.8) is 0 Å². The fourth-order valence-electron chi connectivity index (χ4n) is 6.04. The standard InChI is InChI=1S/C41H39FN4O2/c42-37-21-16-32(17-22-37)18-23-40(47)46(31-35-14-19-36(20-15-35)38-13-7-8-24-43-38)39(29-33-9-3-1-4-10-33)41(48)45-27-25-44(26-28-45)30-34-11-5-2-6-12-34/h1-24,39H,25-31H2/t39-/m0/s1. The third-order valence-electron chi connectivity index (χ3n) is 8.71. The van der Waals surface area contributed by atoms with E-state index in [2.05, 4.69) is 22.0 Å². The summed E-state index contributed by atoms with van der Waals surface area (Å²) in [4.78, 5) is 39.0. The van der Waals surface area contributed by atoms with Crippen LogP contribution < -0.4 is 0 Å². The van der Waals surface area contributed by atoms with E-state index in [9.17, 15) is 14.0 Å². The molecular weight excluding hydrogens is 599 g/mol. The zero-order valence-electron chi connectivity index (χ0n) is 26.9. The molecule has 1 aliphatic rings. The molecule has 0 saturated carbocycles. The number of hydrogen-bond donors (Lipinski definition) is 0. The van der Waals surface area contributed by atoms with E-state index in [0.29, 0.717) is 25.1 Å². The quantitative estimate of drug-likeness (QED) is 0.148. The molecule has 242 valence electrons. The molecule has 2 amide bonds. The summed E-state index contributed by atoms with van der Waals surface area (Å²) < 4.78 is 13.6. The highest BCUT2D eigenvalue weighted by molar-refractivity contribution is 5.95. The number of carbonyl (C=O) groups excluding carboxylic acids is 2. The first-order valence-corrected chi connectivity index (χ1v) is 16.4. The second kappa shape index (κ2) is 15.9. The summed E-state index contributed by atoms with van der Waals surface area (Å²) in [5, 5.41) is 0. The average Bonchev–Trinajstić information content (AvgIpc) is 3.14. The van der Waals surface area contributed by atoms with Gasteiger partial charge in [0.15, 0.2) is 0 Å². The van der Waals surface area contributed by atoms with Gasteiger partial charge in [-0.2, -0.15) is 0 Å². The second-order valence-electron chi connectivity index (χ2n) is 12.1. The molecule has 4 aromatic carbocycles. The Morgan fingerprint density at radius 2 is 1.38 bits per heavy atom. The van der Waals surface area contributed by atoms with Crippen LogP contribution in [0.5, 0.6) is 0 Å². The van der Waals surface area contributed by atoms with Crippen LogP contribution in [0.3, 0.4) is 0 Å². The molecule has 0 bridgehead atoms. The van der Waals surface area contributed by atoms with Crippen LogP contribution in [0.15, 0.2) is 140 Å². The topological polar surface area (TPSA) is 56.8 Å². The minimum atomic E-state index is -0.728. The smallest absolute Gasteiger partial charge is 0.247 e. The summed E-state index contributed by atoms with van der Waals surface area (Å²) in [6, 6.07) is 39.2.